The topological polar surface area (TPSA) is 37.8 Å². The molecule has 1 heterocycles. The number of aryl methyl sites for hydroxylation is 1. The normalized spacial score (nSPS) is 15.1. The van der Waals surface area contributed by atoms with Crippen LogP contribution in [-0.4, -0.2) is 17.0 Å². The fourth-order valence-corrected chi connectivity index (χ4v) is 2.62. The maximum Gasteiger partial charge on any atom is 0.222 e. The van der Waals surface area contributed by atoms with E-state index in [2.05, 4.69) is 46.5 Å². The Labute approximate surface area is 114 Å². The molecule has 3 heteroatoms. The molecule has 1 aliphatic rings. The number of nitrogens with zero attached hydrogens (tertiary/aromatic N) is 2. The summed E-state index contributed by atoms with van der Waals surface area (Å²) < 4.78 is 0. The molecule has 1 aliphatic carbocycles. The van der Waals surface area contributed by atoms with Crippen LogP contribution in [0.5, 0.6) is 0 Å². The first kappa shape index (κ1) is 12.2. The molecule has 0 spiro atoms. The van der Waals surface area contributed by atoms with E-state index in [4.69, 9.17) is 0 Å². The van der Waals surface area contributed by atoms with Crippen molar-refractivity contribution in [3.8, 4) is 11.3 Å². The molecule has 0 bridgehead atoms. The number of aromatic nitrogens is 2. The van der Waals surface area contributed by atoms with Gasteiger partial charge in [0.1, 0.15) is 0 Å². The van der Waals surface area contributed by atoms with E-state index in [0.717, 1.165) is 11.3 Å². The van der Waals surface area contributed by atoms with Gasteiger partial charge in [0.15, 0.2) is 0 Å². The Balaban J connectivity index is 2.10. The number of benzene rings is 1. The van der Waals surface area contributed by atoms with Gasteiger partial charge in [0.2, 0.25) is 5.95 Å². The van der Waals surface area contributed by atoms with E-state index in [1.807, 2.05) is 13.2 Å². The SMILES string of the molecule is CNc1ncc(C)c(-c2ccccc2C2CCC2)n1. The summed E-state index contributed by atoms with van der Waals surface area (Å²) >= 11 is 0. The van der Waals surface area contributed by atoms with E-state index < -0.39 is 0 Å². The molecule has 1 N–H and O–H groups in total. The average molecular weight is 253 g/mol. The van der Waals surface area contributed by atoms with Crippen LogP contribution in [0.1, 0.15) is 36.3 Å². The lowest BCUT2D eigenvalue weighted by molar-refractivity contribution is 0.420. The molecule has 0 unspecified atom stereocenters. The summed E-state index contributed by atoms with van der Waals surface area (Å²) in [4.78, 5) is 8.91. The van der Waals surface area contributed by atoms with Crippen LogP contribution >= 0.6 is 0 Å². The lowest BCUT2D eigenvalue weighted by Crippen LogP contribution is -2.10. The lowest BCUT2D eigenvalue weighted by atomic mass is 9.77. The second-order valence-electron chi connectivity index (χ2n) is 5.19. The zero-order valence-corrected chi connectivity index (χ0v) is 11.5. The Morgan fingerprint density at radius 1 is 1.21 bits per heavy atom. The smallest absolute Gasteiger partial charge is 0.222 e. The maximum atomic E-state index is 4.64. The van der Waals surface area contributed by atoms with Gasteiger partial charge >= 0.3 is 0 Å². The van der Waals surface area contributed by atoms with Crippen molar-refractivity contribution in [2.45, 2.75) is 32.1 Å². The van der Waals surface area contributed by atoms with E-state index in [1.165, 1.54) is 30.4 Å². The molecule has 0 atom stereocenters. The fourth-order valence-electron chi connectivity index (χ4n) is 2.62. The van der Waals surface area contributed by atoms with Gasteiger partial charge in [-0.25, -0.2) is 9.97 Å². The van der Waals surface area contributed by atoms with Crippen LogP contribution in [0.25, 0.3) is 11.3 Å². The van der Waals surface area contributed by atoms with Crippen molar-refractivity contribution in [3.05, 3.63) is 41.6 Å². The van der Waals surface area contributed by atoms with Gasteiger partial charge < -0.3 is 5.32 Å². The quantitative estimate of drug-likeness (QED) is 0.905. The predicted molar refractivity (Wildman–Crippen MR) is 78.3 cm³/mol. The second kappa shape index (κ2) is 5.00. The van der Waals surface area contributed by atoms with E-state index in [0.29, 0.717) is 11.9 Å². The molecule has 0 radical (unpaired) electrons. The molecule has 3 nitrogen and oxygen atoms in total. The highest BCUT2D eigenvalue weighted by molar-refractivity contribution is 5.68. The van der Waals surface area contributed by atoms with Crippen LogP contribution in [0, 0.1) is 6.92 Å². The van der Waals surface area contributed by atoms with Crippen LogP contribution in [0.3, 0.4) is 0 Å². The van der Waals surface area contributed by atoms with Gasteiger partial charge in [-0.15, -0.1) is 0 Å². The van der Waals surface area contributed by atoms with Crippen molar-refractivity contribution < 1.29 is 0 Å². The third-order valence-corrected chi connectivity index (χ3v) is 3.96. The first-order chi connectivity index (χ1) is 9.29. The molecule has 3 rings (SSSR count). The molecule has 98 valence electrons. The minimum Gasteiger partial charge on any atom is -0.357 e. The monoisotopic (exact) mass is 253 g/mol. The van der Waals surface area contributed by atoms with Crippen molar-refractivity contribution >= 4 is 5.95 Å². The van der Waals surface area contributed by atoms with E-state index in [-0.39, 0.29) is 0 Å². The Hall–Kier alpha value is -1.90. The van der Waals surface area contributed by atoms with Gasteiger partial charge in [-0.3, -0.25) is 0 Å². The van der Waals surface area contributed by atoms with Gasteiger partial charge in [0.25, 0.3) is 0 Å². The largest absolute Gasteiger partial charge is 0.357 e. The zero-order valence-electron chi connectivity index (χ0n) is 11.5. The summed E-state index contributed by atoms with van der Waals surface area (Å²) in [6.45, 7) is 2.08. The minimum absolute atomic E-state index is 0.684. The molecule has 0 aliphatic heterocycles. The Morgan fingerprint density at radius 3 is 2.68 bits per heavy atom. The Kier molecular flexibility index (Phi) is 3.20. The summed E-state index contributed by atoms with van der Waals surface area (Å²) in [6.07, 6.45) is 5.86. The van der Waals surface area contributed by atoms with Gasteiger partial charge in [0.05, 0.1) is 5.69 Å². The molecule has 1 aromatic heterocycles. The van der Waals surface area contributed by atoms with Crippen LogP contribution in [0.2, 0.25) is 0 Å². The third kappa shape index (κ3) is 2.21. The third-order valence-electron chi connectivity index (χ3n) is 3.96. The summed E-state index contributed by atoms with van der Waals surface area (Å²) in [6, 6.07) is 8.66. The Morgan fingerprint density at radius 2 is 2.00 bits per heavy atom. The maximum absolute atomic E-state index is 4.64. The number of anilines is 1. The van der Waals surface area contributed by atoms with Crippen LogP contribution in [-0.2, 0) is 0 Å². The highest BCUT2D eigenvalue weighted by Crippen LogP contribution is 2.41. The second-order valence-corrected chi connectivity index (χ2v) is 5.19. The first-order valence-corrected chi connectivity index (χ1v) is 6.90. The fraction of sp³-hybridized carbons (Fsp3) is 0.375. The predicted octanol–water partition coefficient (Wildman–Crippen LogP) is 3.76. The summed E-state index contributed by atoms with van der Waals surface area (Å²) in [5, 5.41) is 3.02. The van der Waals surface area contributed by atoms with Crippen molar-refractivity contribution in [1.82, 2.24) is 9.97 Å². The molecule has 1 aromatic carbocycles. The van der Waals surface area contributed by atoms with E-state index >= 15 is 0 Å². The number of rotatable bonds is 3. The van der Waals surface area contributed by atoms with Crippen LogP contribution in [0.15, 0.2) is 30.5 Å². The standard InChI is InChI=1S/C16H19N3/c1-11-10-18-16(17-2)19-15(11)14-9-4-3-8-13(14)12-6-5-7-12/h3-4,8-10,12H,5-7H2,1-2H3,(H,17,18,19). The van der Waals surface area contributed by atoms with Crippen molar-refractivity contribution in [1.29, 1.82) is 0 Å². The highest BCUT2D eigenvalue weighted by Gasteiger charge is 2.23. The van der Waals surface area contributed by atoms with Crippen LogP contribution in [0.4, 0.5) is 5.95 Å². The van der Waals surface area contributed by atoms with Gasteiger partial charge in [-0.1, -0.05) is 30.7 Å². The van der Waals surface area contributed by atoms with E-state index in [9.17, 15) is 0 Å². The molecule has 1 saturated carbocycles. The molecule has 19 heavy (non-hydrogen) atoms. The van der Waals surface area contributed by atoms with Crippen molar-refractivity contribution in [2.24, 2.45) is 0 Å². The lowest BCUT2D eigenvalue weighted by Gasteiger charge is -2.28. The molecule has 1 fully saturated rings. The van der Waals surface area contributed by atoms with Gasteiger partial charge in [-0.2, -0.15) is 0 Å². The van der Waals surface area contributed by atoms with Gasteiger partial charge in [0, 0.05) is 18.8 Å². The summed E-state index contributed by atoms with van der Waals surface area (Å²) in [5.41, 5.74) is 4.90. The zero-order chi connectivity index (χ0) is 13.2. The molecule has 2 aromatic rings. The molecule has 0 amide bonds. The van der Waals surface area contributed by atoms with Gasteiger partial charge in [-0.05, 0) is 36.8 Å². The van der Waals surface area contributed by atoms with Crippen molar-refractivity contribution in [2.75, 3.05) is 12.4 Å². The first-order valence-electron chi connectivity index (χ1n) is 6.90. The summed E-state index contributed by atoms with van der Waals surface area (Å²) in [5.74, 6) is 1.40. The molecular weight excluding hydrogens is 234 g/mol. The van der Waals surface area contributed by atoms with E-state index in [1.54, 1.807) is 0 Å². The van der Waals surface area contributed by atoms with Crippen LogP contribution < -0.4 is 5.32 Å². The number of hydrogen-bond donors (Lipinski definition) is 1. The minimum atomic E-state index is 0.684. The number of hydrogen-bond acceptors (Lipinski definition) is 3. The Bertz CT molecular complexity index is 588. The molecular formula is C16H19N3. The summed E-state index contributed by atoms with van der Waals surface area (Å²) in [7, 11) is 1.85. The van der Waals surface area contributed by atoms with Crippen molar-refractivity contribution in [3.63, 3.8) is 0 Å². The number of nitrogens with one attached hydrogen (secondary N) is 1. The highest BCUT2D eigenvalue weighted by atomic mass is 15.1. The molecule has 0 saturated heterocycles. The average Bonchev–Trinajstić information content (AvgIpc) is 2.38.